The summed E-state index contributed by atoms with van der Waals surface area (Å²) >= 11 is 0. The molecule has 0 spiro atoms. The van der Waals surface area contributed by atoms with E-state index < -0.39 is 15.9 Å². The highest BCUT2D eigenvalue weighted by Crippen LogP contribution is 2.30. The summed E-state index contributed by atoms with van der Waals surface area (Å²) in [4.78, 5) is 12.7. The molecule has 20 heavy (non-hydrogen) atoms. The number of likely N-dealkylation sites (N-methyl/N-ethyl adjacent to an activating group) is 1. The topological polar surface area (TPSA) is 110 Å². The first-order chi connectivity index (χ1) is 9.21. The van der Waals surface area contributed by atoms with Gasteiger partial charge in [0.05, 0.1) is 17.9 Å². The Morgan fingerprint density at radius 1 is 1.30 bits per heavy atom. The molecule has 1 rings (SSSR count). The molecule has 4 N–H and O–H groups in total. The number of anilines is 2. The summed E-state index contributed by atoms with van der Waals surface area (Å²) < 4.78 is 25.4. The van der Waals surface area contributed by atoms with E-state index in [1.807, 2.05) is 6.92 Å². The summed E-state index contributed by atoms with van der Waals surface area (Å²) in [6, 6.07) is 4.69. The number of para-hydroxylation sites is 1. The van der Waals surface area contributed by atoms with E-state index >= 15 is 0 Å². The van der Waals surface area contributed by atoms with Gasteiger partial charge in [-0.15, -0.1) is 0 Å². The Morgan fingerprint density at radius 3 is 2.35 bits per heavy atom. The average Bonchev–Trinajstić information content (AvgIpc) is 2.35. The number of hydrogen-bond donors (Lipinski definition) is 2. The maximum atomic E-state index is 12.2. The summed E-state index contributed by atoms with van der Waals surface area (Å²) in [7, 11) is -0.769. The van der Waals surface area contributed by atoms with Gasteiger partial charge in [0.25, 0.3) is 0 Å². The molecular formula is C12H20N4O3S. The molecule has 1 aromatic rings. The molecule has 0 saturated heterocycles. The molecule has 0 atom stereocenters. The Balaban J connectivity index is 3.36. The highest BCUT2D eigenvalue weighted by atomic mass is 32.2. The lowest BCUT2D eigenvalue weighted by Crippen LogP contribution is -2.34. The first-order valence-electron chi connectivity index (χ1n) is 6.06. The normalized spacial score (nSPS) is 11.6. The van der Waals surface area contributed by atoms with Gasteiger partial charge in [-0.2, -0.15) is 0 Å². The van der Waals surface area contributed by atoms with Gasteiger partial charge in [0, 0.05) is 20.6 Å². The van der Waals surface area contributed by atoms with Gasteiger partial charge in [0.1, 0.15) is 4.90 Å². The van der Waals surface area contributed by atoms with Crippen molar-refractivity contribution in [2.24, 2.45) is 5.73 Å². The zero-order chi connectivity index (χ0) is 15.5. The third-order valence-corrected chi connectivity index (χ3v) is 4.74. The molecule has 7 nitrogen and oxygen atoms in total. The van der Waals surface area contributed by atoms with Crippen LogP contribution in [0.15, 0.2) is 23.1 Å². The molecule has 1 amide bonds. The molecule has 0 aliphatic rings. The average molecular weight is 300 g/mol. The van der Waals surface area contributed by atoms with Crippen molar-refractivity contribution in [1.29, 1.82) is 0 Å². The highest BCUT2D eigenvalue weighted by Gasteiger charge is 2.23. The van der Waals surface area contributed by atoms with E-state index in [-0.39, 0.29) is 17.1 Å². The smallest absolute Gasteiger partial charge is 0.244 e. The number of sulfonamides is 1. The summed E-state index contributed by atoms with van der Waals surface area (Å²) in [6.07, 6.45) is 0. The molecule has 0 saturated carbocycles. The van der Waals surface area contributed by atoms with Crippen molar-refractivity contribution in [2.45, 2.75) is 11.8 Å². The molecule has 0 radical (unpaired) electrons. The zero-order valence-corrected chi connectivity index (χ0v) is 12.6. The van der Waals surface area contributed by atoms with Crippen LogP contribution in [0.3, 0.4) is 0 Å². The molecule has 0 aliphatic carbocycles. The maximum Gasteiger partial charge on any atom is 0.244 e. The van der Waals surface area contributed by atoms with E-state index in [0.29, 0.717) is 12.2 Å². The molecule has 0 fully saturated rings. The van der Waals surface area contributed by atoms with Gasteiger partial charge in [-0.3, -0.25) is 4.79 Å². The van der Waals surface area contributed by atoms with E-state index in [1.165, 1.54) is 20.2 Å². The maximum absolute atomic E-state index is 12.2. The summed E-state index contributed by atoms with van der Waals surface area (Å²) in [5.74, 6) is -0.507. The lowest BCUT2D eigenvalue weighted by molar-refractivity contribution is -0.116. The Labute approximate surface area is 119 Å². The molecule has 0 aromatic heterocycles. The zero-order valence-electron chi connectivity index (χ0n) is 11.8. The fourth-order valence-corrected chi connectivity index (χ4v) is 2.81. The fourth-order valence-electron chi connectivity index (χ4n) is 1.79. The number of rotatable bonds is 6. The van der Waals surface area contributed by atoms with E-state index in [9.17, 15) is 13.2 Å². The van der Waals surface area contributed by atoms with Gasteiger partial charge in [-0.05, 0) is 19.1 Å². The van der Waals surface area contributed by atoms with Gasteiger partial charge < -0.3 is 16.4 Å². The van der Waals surface area contributed by atoms with E-state index in [1.54, 1.807) is 17.0 Å². The van der Waals surface area contributed by atoms with Gasteiger partial charge in [0.2, 0.25) is 15.9 Å². The quantitative estimate of drug-likeness (QED) is 0.709. The Hall–Kier alpha value is -1.80. The molecule has 0 bridgehead atoms. The van der Waals surface area contributed by atoms with Crippen molar-refractivity contribution < 1.29 is 13.2 Å². The molecule has 0 aliphatic heterocycles. The second kappa shape index (κ2) is 6.10. The predicted octanol–water partition coefficient (Wildman–Crippen LogP) is -0.169. The minimum atomic E-state index is -3.63. The van der Waals surface area contributed by atoms with Gasteiger partial charge in [-0.1, -0.05) is 6.07 Å². The van der Waals surface area contributed by atoms with Gasteiger partial charge in [0.15, 0.2) is 0 Å². The van der Waals surface area contributed by atoms with Crippen LogP contribution in [0.1, 0.15) is 6.92 Å². The largest absolute Gasteiger partial charge is 0.396 e. The molecule has 0 heterocycles. The SMILES string of the molecule is CCN(CC(N)=O)c1cccc(S(=O)(=O)N(C)C)c1N. The number of benzene rings is 1. The van der Waals surface area contributed by atoms with Gasteiger partial charge in [-0.25, -0.2) is 12.7 Å². The number of carbonyl (C=O) groups is 1. The molecule has 112 valence electrons. The summed E-state index contributed by atoms with van der Waals surface area (Å²) in [5, 5.41) is 0. The third kappa shape index (κ3) is 3.20. The van der Waals surface area contributed by atoms with Crippen molar-refractivity contribution in [3.05, 3.63) is 18.2 Å². The van der Waals surface area contributed by atoms with Crippen LogP contribution < -0.4 is 16.4 Å². The lowest BCUT2D eigenvalue weighted by atomic mass is 10.2. The first kappa shape index (κ1) is 16.3. The summed E-state index contributed by atoms with van der Waals surface area (Å²) in [6.45, 7) is 2.29. The van der Waals surface area contributed by atoms with Crippen LogP contribution in [0.4, 0.5) is 11.4 Å². The van der Waals surface area contributed by atoms with Crippen LogP contribution in [0.25, 0.3) is 0 Å². The van der Waals surface area contributed by atoms with Crippen LogP contribution in [0.2, 0.25) is 0 Å². The fraction of sp³-hybridized carbons (Fsp3) is 0.417. The van der Waals surface area contributed by atoms with Crippen molar-refractivity contribution >= 4 is 27.3 Å². The Morgan fingerprint density at radius 2 is 1.90 bits per heavy atom. The second-order valence-electron chi connectivity index (χ2n) is 4.46. The number of nitrogen functional groups attached to an aromatic ring is 1. The van der Waals surface area contributed by atoms with Gasteiger partial charge >= 0.3 is 0 Å². The van der Waals surface area contributed by atoms with Crippen molar-refractivity contribution in [2.75, 3.05) is 37.8 Å². The molecule has 1 aromatic carbocycles. The minimum absolute atomic E-state index is 0.0166. The van der Waals surface area contributed by atoms with Crippen LogP contribution in [-0.4, -0.2) is 45.8 Å². The van der Waals surface area contributed by atoms with E-state index in [4.69, 9.17) is 11.5 Å². The highest BCUT2D eigenvalue weighted by molar-refractivity contribution is 7.89. The molecule has 0 unspecified atom stereocenters. The number of carbonyl (C=O) groups excluding carboxylic acids is 1. The molecule has 8 heteroatoms. The monoisotopic (exact) mass is 300 g/mol. The predicted molar refractivity (Wildman–Crippen MR) is 78.8 cm³/mol. The lowest BCUT2D eigenvalue weighted by Gasteiger charge is -2.24. The van der Waals surface area contributed by atoms with Crippen LogP contribution >= 0.6 is 0 Å². The number of nitrogens with two attached hydrogens (primary N) is 2. The van der Waals surface area contributed by atoms with Crippen LogP contribution in [0, 0.1) is 0 Å². The Bertz CT molecular complexity index is 599. The third-order valence-electron chi connectivity index (χ3n) is 2.87. The van der Waals surface area contributed by atoms with Crippen molar-refractivity contribution in [3.63, 3.8) is 0 Å². The van der Waals surface area contributed by atoms with Crippen LogP contribution in [0.5, 0.6) is 0 Å². The number of hydrogen-bond acceptors (Lipinski definition) is 5. The standard InChI is InChI=1S/C12H20N4O3S/c1-4-16(8-11(13)17)9-6-5-7-10(12(9)14)20(18,19)15(2)3/h5-7H,4,8,14H2,1-3H3,(H2,13,17). The minimum Gasteiger partial charge on any atom is -0.396 e. The number of nitrogens with zero attached hydrogens (tertiary/aromatic N) is 2. The second-order valence-corrected chi connectivity index (χ2v) is 6.58. The number of amides is 1. The first-order valence-corrected chi connectivity index (χ1v) is 7.50. The Kier molecular flexibility index (Phi) is 4.96. The van der Waals surface area contributed by atoms with E-state index in [2.05, 4.69) is 0 Å². The van der Waals surface area contributed by atoms with Crippen molar-refractivity contribution in [1.82, 2.24) is 4.31 Å². The molecular weight excluding hydrogens is 280 g/mol. The van der Waals surface area contributed by atoms with Crippen LogP contribution in [-0.2, 0) is 14.8 Å². The number of primary amides is 1. The summed E-state index contributed by atoms with van der Waals surface area (Å²) in [5.41, 5.74) is 11.7. The van der Waals surface area contributed by atoms with Crippen molar-refractivity contribution in [3.8, 4) is 0 Å². The van der Waals surface area contributed by atoms with E-state index in [0.717, 1.165) is 4.31 Å².